The Kier molecular flexibility index (Phi) is 5.58. The number of ether oxygens (including phenoxy) is 1. The molecule has 3 heterocycles. The van der Waals surface area contributed by atoms with Crippen LogP contribution in [0.1, 0.15) is 46.0 Å². The van der Waals surface area contributed by atoms with Gasteiger partial charge in [0.05, 0.1) is 18.9 Å². The van der Waals surface area contributed by atoms with Crippen molar-refractivity contribution in [3.05, 3.63) is 54.6 Å². The van der Waals surface area contributed by atoms with Crippen LogP contribution in [0.4, 0.5) is 0 Å². The van der Waals surface area contributed by atoms with Crippen molar-refractivity contribution >= 4 is 12.8 Å². The SMILES string of the molecule is CCC(C)CCC12CC[P+](c3cccc(Oc4ccccc4)c3)(CC1)OC2. The number of para-hydroxylation sites is 1. The monoisotopic (exact) mass is 383 g/mol. The summed E-state index contributed by atoms with van der Waals surface area (Å²) in [4.78, 5) is 0. The normalized spacial score (nSPS) is 28.1. The van der Waals surface area contributed by atoms with Crippen molar-refractivity contribution in [3.63, 3.8) is 0 Å². The molecule has 2 aromatic carbocycles. The van der Waals surface area contributed by atoms with Crippen molar-refractivity contribution in [1.29, 1.82) is 0 Å². The van der Waals surface area contributed by atoms with Gasteiger partial charge in [0.2, 0.25) is 0 Å². The van der Waals surface area contributed by atoms with Crippen LogP contribution in [-0.2, 0) is 4.52 Å². The zero-order valence-electron chi connectivity index (χ0n) is 16.7. The summed E-state index contributed by atoms with van der Waals surface area (Å²) in [6, 6.07) is 18.7. The molecule has 0 spiro atoms. The van der Waals surface area contributed by atoms with E-state index in [2.05, 4.69) is 38.1 Å². The third-order valence-electron chi connectivity index (χ3n) is 6.76. The number of fused-ring (bicyclic) bond motifs is 3. The van der Waals surface area contributed by atoms with Gasteiger partial charge in [0, 0.05) is 11.5 Å². The molecule has 1 atom stereocenters. The minimum absolute atomic E-state index is 0.462. The maximum Gasteiger partial charge on any atom is 0.178 e. The molecule has 0 aliphatic carbocycles. The van der Waals surface area contributed by atoms with E-state index >= 15 is 0 Å². The molecule has 5 rings (SSSR count). The molecule has 3 aliphatic rings. The summed E-state index contributed by atoms with van der Waals surface area (Å²) in [6.07, 6.45) is 9.19. The Hall–Kier alpha value is -1.37. The number of benzene rings is 2. The van der Waals surface area contributed by atoms with Gasteiger partial charge in [0.15, 0.2) is 7.49 Å². The predicted octanol–water partition coefficient (Wildman–Crippen LogP) is 6.67. The highest BCUT2D eigenvalue weighted by Gasteiger charge is 2.57. The van der Waals surface area contributed by atoms with E-state index in [1.807, 2.05) is 30.3 Å². The van der Waals surface area contributed by atoms with Gasteiger partial charge in [0.25, 0.3) is 0 Å². The Balaban J connectivity index is 1.45. The molecule has 3 aliphatic heterocycles. The largest absolute Gasteiger partial charge is 0.457 e. The fraction of sp³-hybridized carbons (Fsp3) is 0.500. The zero-order valence-corrected chi connectivity index (χ0v) is 17.6. The fourth-order valence-electron chi connectivity index (χ4n) is 4.44. The van der Waals surface area contributed by atoms with Crippen LogP contribution >= 0.6 is 7.49 Å². The van der Waals surface area contributed by atoms with Crippen molar-refractivity contribution in [2.24, 2.45) is 11.3 Å². The molecular weight excluding hydrogens is 351 g/mol. The summed E-state index contributed by atoms with van der Waals surface area (Å²) in [6.45, 7) is 5.67. The molecule has 1 unspecified atom stereocenters. The van der Waals surface area contributed by atoms with Gasteiger partial charge in [-0.25, -0.2) is 4.52 Å². The van der Waals surface area contributed by atoms with Crippen LogP contribution in [0.5, 0.6) is 11.5 Å². The first kappa shape index (κ1) is 19.0. The van der Waals surface area contributed by atoms with Crippen molar-refractivity contribution in [2.45, 2.75) is 46.0 Å². The molecule has 3 fully saturated rings. The van der Waals surface area contributed by atoms with Crippen LogP contribution in [0.15, 0.2) is 54.6 Å². The first-order chi connectivity index (χ1) is 13.1. The Morgan fingerprint density at radius 1 is 1.04 bits per heavy atom. The van der Waals surface area contributed by atoms with E-state index in [1.54, 1.807) is 0 Å². The summed E-state index contributed by atoms with van der Waals surface area (Å²) in [7, 11) is -1.47. The minimum Gasteiger partial charge on any atom is -0.457 e. The molecule has 2 bridgehead atoms. The summed E-state index contributed by atoms with van der Waals surface area (Å²) in [5, 5.41) is 1.39. The van der Waals surface area contributed by atoms with Gasteiger partial charge >= 0.3 is 0 Å². The summed E-state index contributed by atoms with van der Waals surface area (Å²) in [5.41, 5.74) is 0.462. The van der Waals surface area contributed by atoms with Crippen LogP contribution in [0.3, 0.4) is 0 Å². The van der Waals surface area contributed by atoms with Crippen LogP contribution in [0.25, 0.3) is 0 Å². The van der Waals surface area contributed by atoms with Crippen LogP contribution < -0.4 is 10.0 Å². The van der Waals surface area contributed by atoms with E-state index in [0.29, 0.717) is 5.41 Å². The Labute approximate surface area is 164 Å². The molecule has 0 N–H and O–H groups in total. The average molecular weight is 383 g/mol. The zero-order chi connectivity index (χ0) is 18.7. The molecule has 0 saturated carbocycles. The second-order valence-electron chi connectivity index (χ2n) is 8.57. The van der Waals surface area contributed by atoms with E-state index in [1.165, 1.54) is 49.7 Å². The average Bonchev–Trinajstić information content (AvgIpc) is 2.74. The lowest BCUT2D eigenvalue weighted by atomic mass is 9.76. The predicted molar refractivity (Wildman–Crippen MR) is 116 cm³/mol. The van der Waals surface area contributed by atoms with Crippen molar-refractivity contribution in [3.8, 4) is 11.5 Å². The van der Waals surface area contributed by atoms with Gasteiger partial charge in [-0.2, -0.15) is 0 Å². The van der Waals surface area contributed by atoms with Gasteiger partial charge in [-0.15, -0.1) is 0 Å². The lowest BCUT2D eigenvalue weighted by molar-refractivity contribution is 0.0850. The molecule has 3 saturated heterocycles. The first-order valence-electron chi connectivity index (χ1n) is 10.5. The Morgan fingerprint density at radius 2 is 1.78 bits per heavy atom. The van der Waals surface area contributed by atoms with E-state index in [9.17, 15) is 0 Å². The third-order valence-corrected chi connectivity index (χ3v) is 10.5. The molecule has 2 nitrogen and oxygen atoms in total. The standard InChI is InChI=1S/C24H32O2P/c1-3-20(2)12-13-24-14-16-27(17-15-24,25-19-24)23-11-7-10-22(18-23)26-21-8-5-4-6-9-21/h4-11,18,20H,3,12-17,19H2,1-2H3/q+1. The fourth-order valence-corrected chi connectivity index (χ4v) is 8.50. The highest BCUT2D eigenvalue weighted by atomic mass is 31.2. The Bertz CT molecular complexity index is 733. The molecule has 0 radical (unpaired) electrons. The molecule has 0 amide bonds. The van der Waals surface area contributed by atoms with Gasteiger partial charge < -0.3 is 4.74 Å². The summed E-state index contributed by atoms with van der Waals surface area (Å²) in [5.74, 6) is 2.66. The van der Waals surface area contributed by atoms with Gasteiger partial charge in [-0.1, -0.05) is 51.0 Å². The van der Waals surface area contributed by atoms with Crippen LogP contribution in [0, 0.1) is 11.3 Å². The smallest absolute Gasteiger partial charge is 0.178 e. The number of rotatable bonds is 7. The quantitative estimate of drug-likeness (QED) is 0.497. The van der Waals surface area contributed by atoms with Crippen molar-refractivity contribution < 1.29 is 9.26 Å². The molecule has 27 heavy (non-hydrogen) atoms. The van der Waals surface area contributed by atoms with E-state index in [0.717, 1.165) is 24.0 Å². The molecule has 2 aromatic rings. The lowest BCUT2D eigenvalue weighted by Crippen LogP contribution is -2.43. The van der Waals surface area contributed by atoms with Crippen LogP contribution in [0.2, 0.25) is 0 Å². The summed E-state index contributed by atoms with van der Waals surface area (Å²) < 4.78 is 12.8. The molecule has 3 heteroatoms. The minimum atomic E-state index is -1.47. The van der Waals surface area contributed by atoms with E-state index in [4.69, 9.17) is 9.26 Å². The highest BCUT2D eigenvalue weighted by molar-refractivity contribution is 7.78. The summed E-state index contributed by atoms with van der Waals surface area (Å²) >= 11 is 0. The number of hydrogen-bond acceptors (Lipinski definition) is 2. The first-order valence-corrected chi connectivity index (χ1v) is 12.6. The molecule has 144 valence electrons. The van der Waals surface area contributed by atoms with Gasteiger partial charge in [0.1, 0.15) is 16.8 Å². The third kappa shape index (κ3) is 4.08. The maximum absolute atomic E-state index is 6.68. The number of hydrogen-bond donors (Lipinski definition) is 0. The van der Waals surface area contributed by atoms with Gasteiger partial charge in [-0.05, 0) is 49.4 Å². The second-order valence-corrected chi connectivity index (χ2v) is 12.0. The maximum atomic E-state index is 6.68. The van der Waals surface area contributed by atoms with E-state index in [-0.39, 0.29) is 0 Å². The lowest BCUT2D eigenvalue weighted by Gasteiger charge is -2.47. The topological polar surface area (TPSA) is 18.5 Å². The van der Waals surface area contributed by atoms with Crippen molar-refractivity contribution in [2.75, 3.05) is 18.9 Å². The highest BCUT2D eigenvalue weighted by Crippen LogP contribution is 2.70. The Morgan fingerprint density at radius 3 is 2.44 bits per heavy atom. The van der Waals surface area contributed by atoms with E-state index < -0.39 is 7.49 Å². The molecular formula is C24H32O2P+. The molecule has 0 aromatic heterocycles. The second kappa shape index (κ2) is 7.94. The van der Waals surface area contributed by atoms with Gasteiger partial charge in [-0.3, -0.25) is 0 Å². The van der Waals surface area contributed by atoms with Crippen molar-refractivity contribution in [1.82, 2.24) is 0 Å². The van der Waals surface area contributed by atoms with Crippen LogP contribution in [-0.4, -0.2) is 18.9 Å².